The van der Waals surface area contributed by atoms with Crippen LogP contribution in [0.15, 0.2) is 54.7 Å². The minimum absolute atomic E-state index is 0.362. The Morgan fingerprint density at radius 2 is 1.75 bits per heavy atom. The van der Waals surface area contributed by atoms with Crippen molar-refractivity contribution in [3.05, 3.63) is 60.3 Å². The smallest absolute Gasteiger partial charge is 0.0576 e. The van der Waals surface area contributed by atoms with E-state index in [9.17, 15) is 0 Å². The van der Waals surface area contributed by atoms with E-state index in [1.165, 1.54) is 16.7 Å². The molecule has 0 aliphatic heterocycles. The molecule has 3 nitrogen and oxygen atoms in total. The molecule has 0 atom stereocenters. The molecule has 0 aliphatic carbocycles. The summed E-state index contributed by atoms with van der Waals surface area (Å²) in [7, 11) is 2.08. The molecule has 1 aromatic heterocycles. The third-order valence-electron chi connectivity index (χ3n) is 4.25. The fourth-order valence-corrected chi connectivity index (χ4v) is 3.06. The third-order valence-corrected chi connectivity index (χ3v) is 4.25. The summed E-state index contributed by atoms with van der Waals surface area (Å²) in [6.45, 7) is 6.37. The van der Waals surface area contributed by atoms with Crippen LogP contribution in [-0.4, -0.2) is 10.6 Å². The van der Waals surface area contributed by atoms with E-state index in [2.05, 4.69) is 86.4 Å². The molecular formula is C21H25N3. The molecule has 1 heterocycles. The molecule has 2 aromatic carbocycles. The van der Waals surface area contributed by atoms with Gasteiger partial charge < -0.3 is 15.6 Å². The first-order valence-corrected chi connectivity index (χ1v) is 8.34. The molecule has 3 aromatic rings. The highest BCUT2D eigenvalue weighted by molar-refractivity contribution is 5.78. The zero-order valence-corrected chi connectivity index (χ0v) is 14.8. The van der Waals surface area contributed by atoms with Gasteiger partial charge in [-0.3, -0.25) is 0 Å². The summed E-state index contributed by atoms with van der Waals surface area (Å²) in [6, 6.07) is 17.3. The van der Waals surface area contributed by atoms with Gasteiger partial charge in [-0.25, -0.2) is 0 Å². The summed E-state index contributed by atoms with van der Waals surface area (Å²) >= 11 is 0. The van der Waals surface area contributed by atoms with E-state index in [-0.39, 0.29) is 0 Å². The van der Waals surface area contributed by atoms with Gasteiger partial charge in [-0.1, -0.05) is 30.3 Å². The van der Waals surface area contributed by atoms with E-state index in [1.807, 2.05) is 6.07 Å². The summed E-state index contributed by atoms with van der Waals surface area (Å²) in [4.78, 5) is 0. The van der Waals surface area contributed by atoms with Gasteiger partial charge >= 0.3 is 0 Å². The maximum absolute atomic E-state index is 6.23. The molecule has 0 saturated heterocycles. The molecule has 3 heteroatoms. The van der Waals surface area contributed by atoms with Crippen LogP contribution in [0.25, 0.3) is 22.4 Å². The number of hydrogen-bond acceptors (Lipinski definition) is 2. The highest BCUT2D eigenvalue weighted by Crippen LogP contribution is 2.32. The minimum atomic E-state index is 0.362. The van der Waals surface area contributed by atoms with Gasteiger partial charge in [0.2, 0.25) is 0 Å². The van der Waals surface area contributed by atoms with E-state index in [0.717, 1.165) is 22.6 Å². The van der Waals surface area contributed by atoms with Gasteiger partial charge in [0.15, 0.2) is 0 Å². The van der Waals surface area contributed by atoms with Crippen molar-refractivity contribution < 1.29 is 0 Å². The predicted molar refractivity (Wildman–Crippen MR) is 104 cm³/mol. The normalized spacial score (nSPS) is 11.0. The molecule has 0 amide bonds. The highest BCUT2D eigenvalue weighted by atomic mass is 14.9. The van der Waals surface area contributed by atoms with Crippen LogP contribution in [-0.2, 0) is 7.05 Å². The SMILES string of the molecule is Cc1ccccc1-c1cc(-c2ccc(NC(C)C)c(N)c2)n(C)c1. The number of nitrogens with one attached hydrogen (secondary N) is 1. The van der Waals surface area contributed by atoms with Gasteiger partial charge in [0.25, 0.3) is 0 Å². The highest BCUT2D eigenvalue weighted by Gasteiger charge is 2.10. The lowest BCUT2D eigenvalue weighted by atomic mass is 10.0. The third kappa shape index (κ3) is 3.16. The Kier molecular flexibility index (Phi) is 4.34. The van der Waals surface area contributed by atoms with Gasteiger partial charge in [-0.2, -0.15) is 0 Å². The molecule has 0 bridgehead atoms. The van der Waals surface area contributed by atoms with Crippen LogP contribution in [0.4, 0.5) is 11.4 Å². The molecular weight excluding hydrogens is 294 g/mol. The Balaban J connectivity index is 1.99. The van der Waals surface area contributed by atoms with Gasteiger partial charge in [0.05, 0.1) is 11.4 Å². The maximum atomic E-state index is 6.23. The van der Waals surface area contributed by atoms with Crippen LogP contribution >= 0.6 is 0 Å². The summed E-state index contributed by atoms with van der Waals surface area (Å²) in [5, 5.41) is 3.37. The van der Waals surface area contributed by atoms with Crippen molar-refractivity contribution >= 4 is 11.4 Å². The molecule has 0 fully saturated rings. The zero-order chi connectivity index (χ0) is 17.3. The second-order valence-corrected chi connectivity index (χ2v) is 6.64. The number of rotatable bonds is 4. The van der Waals surface area contributed by atoms with Crippen LogP contribution in [0.3, 0.4) is 0 Å². The first-order valence-electron chi connectivity index (χ1n) is 8.34. The fraction of sp³-hybridized carbons (Fsp3) is 0.238. The van der Waals surface area contributed by atoms with Crippen molar-refractivity contribution in [3.8, 4) is 22.4 Å². The lowest BCUT2D eigenvalue weighted by Crippen LogP contribution is -2.11. The molecule has 3 rings (SSSR count). The van der Waals surface area contributed by atoms with Gasteiger partial charge in [0, 0.05) is 36.1 Å². The summed E-state index contributed by atoms with van der Waals surface area (Å²) < 4.78 is 2.16. The Morgan fingerprint density at radius 3 is 2.42 bits per heavy atom. The van der Waals surface area contributed by atoms with Crippen molar-refractivity contribution in [1.82, 2.24) is 4.57 Å². The number of hydrogen-bond donors (Lipinski definition) is 2. The van der Waals surface area contributed by atoms with Crippen molar-refractivity contribution in [3.63, 3.8) is 0 Å². The maximum Gasteiger partial charge on any atom is 0.0576 e. The Morgan fingerprint density at radius 1 is 1.00 bits per heavy atom. The second-order valence-electron chi connectivity index (χ2n) is 6.64. The second kappa shape index (κ2) is 6.44. The standard InChI is InChI=1S/C21H25N3/c1-14(2)23-20-10-9-16(11-19(20)22)21-12-17(13-24(21)4)18-8-6-5-7-15(18)3/h5-14,23H,22H2,1-4H3. The van der Waals surface area contributed by atoms with Gasteiger partial charge in [-0.05, 0) is 50.1 Å². The largest absolute Gasteiger partial charge is 0.397 e. The van der Waals surface area contributed by atoms with Gasteiger partial charge in [0.1, 0.15) is 0 Å². The number of benzene rings is 2. The van der Waals surface area contributed by atoms with Crippen molar-refractivity contribution in [1.29, 1.82) is 0 Å². The van der Waals surface area contributed by atoms with Crippen molar-refractivity contribution in [2.45, 2.75) is 26.8 Å². The summed E-state index contributed by atoms with van der Waals surface area (Å²) in [6.07, 6.45) is 2.17. The molecule has 0 saturated carbocycles. The van der Waals surface area contributed by atoms with Crippen molar-refractivity contribution in [2.24, 2.45) is 7.05 Å². The number of nitrogens with zero attached hydrogens (tertiary/aromatic N) is 1. The molecule has 124 valence electrons. The minimum Gasteiger partial charge on any atom is -0.397 e. The van der Waals surface area contributed by atoms with E-state index >= 15 is 0 Å². The van der Waals surface area contributed by atoms with E-state index in [1.54, 1.807) is 0 Å². The molecule has 0 unspecified atom stereocenters. The Bertz CT molecular complexity index is 859. The molecule has 0 aliphatic rings. The average molecular weight is 319 g/mol. The van der Waals surface area contributed by atoms with E-state index in [4.69, 9.17) is 5.73 Å². The fourth-order valence-electron chi connectivity index (χ4n) is 3.06. The van der Waals surface area contributed by atoms with E-state index in [0.29, 0.717) is 6.04 Å². The van der Waals surface area contributed by atoms with Crippen LogP contribution in [0, 0.1) is 6.92 Å². The molecule has 3 N–H and O–H groups in total. The number of nitrogen functional groups attached to an aromatic ring is 1. The summed E-state index contributed by atoms with van der Waals surface area (Å²) in [5.74, 6) is 0. The molecule has 0 spiro atoms. The first-order chi connectivity index (χ1) is 11.5. The van der Waals surface area contributed by atoms with Crippen LogP contribution in [0.2, 0.25) is 0 Å². The molecule has 0 radical (unpaired) electrons. The number of aromatic nitrogens is 1. The van der Waals surface area contributed by atoms with E-state index < -0.39 is 0 Å². The topological polar surface area (TPSA) is 43.0 Å². The van der Waals surface area contributed by atoms with Crippen LogP contribution in [0.1, 0.15) is 19.4 Å². The lowest BCUT2D eigenvalue weighted by Gasteiger charge is -2.14. The monoisotopic (exact) mass is 319 g/mol. The molecule has 24 heavy (non-hydrogen) atoms. The van der Waals surface area contributed by atoms with Crippen LogP contribution in [0.5, 0.6) is 0 Å². The first kappa shape index (κ1) is 16.2. The zero-order valence-electron chi connectivity index (χ0n) is 14.8. The number of anilines is 2. The van der Waals surface area contributed by atoms with Gasteiger partial charge in [-0.15, -0.1) is 0 Å². The quantitative estimate of drug-likeness (QED) is 0.659. The summed E-state index contributed by atoms with van der Waals surface area (Å²) in [5.41, 5.74) is 14.1. The van der Waals surface area contributed by atoms with Crippen LogP contribution < -0.4 is 11.1 Å². The number of aryl methyl sites for hydroxylation is 2. The van der Waals surface area contributed by atoms with Crippen molar-refractivity contribution in [2.75, 3.05) is 11.1 Å². The number of nitrogens with two attached hydrogens (primary N) is 1. The predicted octanol–water partition coefficient (Wildman–Crippen LogP) is 5.07. The Labute approximate surface area is 144 Å². The lowest BCUT2D eigenvalue weighted by molar-refractivity contribution is 0.900. The Hall–Kier alpha value is -2.68. The average Bonchev–Trinajstić information content (AvgIpc) is 2.91.